The number of aromatic nitrogens is 2. The van der Waals surface area contributed by atoms with Crippen molar-refractivity contribution in [3.63, 3.8) is 0 Å². The van der Waals surface area contributed by atoms with Gasteiger partial charge in [-0.3, -0.25) is 5.41 Å². The summed E-state index contributed by atoms with van der Waals surface area (Å²) in [6.07, 6.45) is 3.50. The van der Waals surface area contributed by atoms with E-state index in [4.69, 9.17) is 10.7 Å². The lowest BCUT2D eigenvalue weighted by Crippen LogP contribution is -2.45. The van der Waals surface area contributed by atoms with Gasteiger partial charge >= 0.3 is 0 Å². The number of nitrogens with zero attached hydrogens (tertiary/aromatic N) is 5. The molecule has 7 nitrogen and oxygen atoms in total. The third-order valence-corrected chi connectivity index (χ3v) is 3.36. The van der Waals surface area contributed by atoms with Crippen molar-refractivity contribution in [2.45, 2.75) is 6.42 Å². The van der Waals surface area contributed by atoms with Crippen molar-refractivity contribution in [1.29, 1.82) is 5.26 Å². The lowest BCUT2D eigenvalue weighted by atomic mass is 10.2. The summed E-state index contributed by atoms with van der Waals surface area (Å²) in [5, 5.41) is 17.5. The lowest BCUT2D eigenvalue weighted by molar-refractivity contribution is -0.104. The fourth-order valence-corrected chi connectivity index (χ4v) is 2.19. The number of nitriles is 1. The van der Waals surface area contributed by atoms with Crippen LogP contribution in [-0.4, -0.2) is 60.9 Å². The molecule has 0 unspecified atom stereocenters. The average molecular weight is 274 g/mol. The van der Waals surface area contributed by atoms with Crippen LogP contribution in [0.1, 0.15) is 12.0 Å². The summed E-state index contributed by atoms with van der Waals surface area (Å²) in [7, 11) is 2.11. The van der Waals surface area contributed by atoms with Crippen LogP contribution < -0.4 is 15.6 Å². The predicted molar refractivity (Wildman–Crippen MR) is 77.6 cm³/mol. The number of hydrogen-bond acceptors (Lipinski definition) is 6. The van der Waals surface area contributed by atoms with E-state index in [2.05, 4.69) is 38.2 Å². The molecule has 1 aliphatic heterocycles. The van der Waals surface area contributed by atoms with E-state index in [1.165, 1.54) is 12.5 Å². The van der Waals surface area contributed by atoms with Crippen molar-refractivity contribution in [2.75, 3.05) is 50.0 Å². The van der Waals surface area contributed by atoms with E-state index in [-0.39, 0.29) is 0 Å². The zero-order valence-corrected chi connectivity index (χ0v) is 11.7. The smallest absolute Gasteiger partial charge is 0.174 e. The standard InChI is InChI=1S/C13H19N7/c1-19-5-7-20(8-6-19)13-11(9-15)12(17-10-18-13)16-4-2-3-14/h9-10,15H,2,4-8H2,1H3,(H,16,17,18)/p+1. The highest BCUT2D eigenvalue weighted by molar-refractivity contribution is 5.89. The summed E-state index contributed by atoms with van der Waals surface area (Å²) in [6, 6.07) is 2.09. The van der Waals surface area contributed by atoms with Crippen LogP contribution in [0.4, 0.5) is 11.6 Å². The molecule has 0 amide bonds. The van der Waals surface area contributed by atoms with Gasteiger partial charge in [-0.1, -0.05) is 0 Å². The second kappa shape index (κ2) is 6.82. The maximum absolute atomic E-state index is 8.59. The Kier molecular flexibility index (Phi) is 4.85. The molecule has 1 aliphatic rings. The quantitative estimate of drug-likeness (QED) is 0.514. The summed E-state index contributed by atoms with van der Waals surface area (Å²) >= 11 is 0. The monoisotopic (exact) mass is 274 g/mol. The molecule has 0 spiro atoms. The first-order valence-corrected chi connectivity index (χ1v) is 6.70. The van der Waals surface area contributed by atoms with E-state index in [0.29, 0.717) is 18.8 Å². The molecule has 1 fully saturated rings. The second-order valence-corrected chi connectivity index (χ2v) is 4.75. The number of piperazine rings is 1. The minimum Gasteiger partial charge on any atom is -0.368 e. The topological polar surface area (TPSA) is 93.7 Å². The summed E-state index contributed by atoms with van der Waals surface area (Å²) < 4.78 is 0. The summed E-state index contributed by atoms with van der Waals surface area (Å²) in [4.78, 5) is 13.1. The SMILES string of the molecule is CN1CCN(c2ncnc(NCCC#N)c2C=[NH2+])CC1. The van der Waals surface area contributed by atoms with Gasteiger partial charge in [0.25, 0.3) is 0 Å². The Morgan fingerprint density at radius 1 is 1.40 bits per heavy atom. The molecule has 7 heteroatoms. The van der Waals surface area contributed by atoms with Gasteiger partial charge in [-0.05, 0) is 7.05 Å². The van der Waals surface area contributed by atoms with E-state index >= 15 is 0 Å². The third-order valence-electron chi connectivity index (χ3n) is 3.36. The third kappa shape index (κ3) is 3.22. The molecule has 0 aliphatic carbocycles. The molecular weight excluding hydrogens is 254 g/mol. The van der Waals surface area contributed by atoms with Crippen molar-refractivity contribution in [1.82, 2.24) is 14.9 Å². The maximum atomic E-state index is 8.59. The van der Waals surface area contributed by atoms with Gasteiger partial charge in [0.2, 0.25) is 0 Å². The van der Waals surface area contributed by atoms with Gasteiger partial charge in [-0.2, -0.15) is 5.26 Å². The van der Waals surface area contributed by atoms with Gasteiger partial charge in [-0.15, -0.1) is 0 Å². The maximum Gasteiger partial charge on any atom is 0.174 e. The molecule has 1 aromatic rings. The fraction of sp³-hybridized carbons (Fsp3) is 0.538. The Morgan fingerprint density at radius 3 is 2.80 bits per heavy atom. The molecule has 0 saturated carbocycles. The molecule has 3 N–H and O–H groups in total. The van der Waals surface area contributed by atoms with E-state index in [1.807, 2.05) is 0 Å². The number of hydrogen-bond donors (Lipinski definition) is 2. The highest BCUT2D eigenvalue weighted by Gasteiger charge is 2.20. The highest BCUT2D eigenvalue weighted by Crippen LogP contribution is 2.22. The number of likely N-dealkylation sites (N-methyl/N-ethyl adjacent to an activating group) is 1. The molecule has 106 valence electrons. The Bertz CT molecular complexity index is 500. The van der Waals surface area contributed by atoms with E-state index in [9.17, 15) is 0 Å². The number of nitrogens with two attached hydrogens (primary N) is 1. The normalized spacial score (nSPS) is 15.7. The van der Waals surface area contributed by atoms with Crippen molar-refractivity contribution in [3.8, 4) is 6.07 Å². The van der Waals surface area contributed by atoms with Crippen LogP contribution in [0.5, 0.6) is 0 Å². The first kappa shape index (κ1) is 14.2. The van der Waals surface area contributed by atoms with Crippen molar-refractivity contribution in [3.05, 3.63) is 11.9 Å². The van der Waals surface area contributed by atoms with E-state index in [1.54, 1.807) is 0 Å². The van der Waals surface area contributed by atoms with Crippen LogP contribution in [0.3, 0.4) is 0 Å². The molecule has 1 aromatic heterocycles. The fourth-order valence-electron chi connectivity index (χ4n) is 2.19. The number of anilines is 2. The molecule has 0 radical (unpaired) electrons. The molecule has 1 saturated heterocycles. The average Bonchev–Trinajstić information content (AvgIpc) is 2.48. The molecule has 0 bridgehead atoms. The molecule has 0 aromatic carbocycles. The van der Waals surface area contributed by atoms with Gasteiger partial charge in [0.05, 0.1) is 12.5 Å². The summed E-state index contributed by atoms with van der Waals surface area (Å²) in [5.74, 6) is 1.54. The van der Waals surface area contributed by atoms with Crippen molar-refractivity contribution >= 4 is 17.9 Å². The molecule has 2 rings (SSSR count). The van der Waals surface area contributed by atoms with Gasteiger partial charge in [0.15, 0.2) is 6.21 Å². The summed E-state index contributed by atoms with van der Waals surface area (Å²) in [6.45, 7) is 4.41. The van der Waals surface area contributed by atoms with Crippen LogP contribution in [0, 0.1) is 11.3 Å². The first-order chi connectivity index (χ1) is 9.76. The van der Waals surface area contributed by atoms with Crippen LogP contribution >= 0.6 is 0 Å². The molecule has 0 atom stereocenters. The Balaban J connectivity index is 2.18. The zero-order valence-electron chi connectivity index (χ0n) is 11.7. The predicted octanol–water partition coefficient (Wildman–Crippen LogP) is -1.27. The van der Waals surface area contributed by atoms with Crippen molar-refractivity contribution < 1.29 is 5.41 Å². The Hall–Kier alpha value is -2.20. The van der Waals surface area contributed by atoms with Crippen LogP contribution in [0.15, 0.2) is 6.33 Å². The lowest BCUT2D eigenvalue weighted by Gasteiger charge is -2.33. The van der Waals surface area contributed by atoms with Crippen LogP contribution in [0.25, 0.3) is 0 Å². The summed E-state index contributed by atoms with van der Waals surface area (Å²) in [5.41, 5.74) is 0.801. The second-order valence-electron chi connectivity index (χ2n) is 4.75. The van der Waals surface area contributed by atoms with E-state index in [0.717, 1.165) is 37.6 Å². The first-order valence-electron chi connectivity index (χ1n) is 6.70. The highest BCUT2D eigenvalue weighted by atomic mass is 15.3. The number of rotatable bonds is 5. The largest absolute Gasteiger partial charge is 0.368 e. The minimum absolute atomic E-state index is 0.428. The van der Waals surface area contributed by atoms with E-state index < -0.39 is 0 Å². The number of nitrogens with one attached hydrogen (secondary N) is 1. The van der Waals surface area contributed by atoms with Gasteiger partial charge < -0.3 is 15.1 Å². The minimum atomic E-state index is 0.428. The molecule has 2 heterocycles. The van der Waals surface area contributed by atoms with Gasteiger partial charge in [0, 0.05) is 32.7 Å². The Morgan fingerprint density at radius 2 is 2.15 bits per heavy atom. The Labute approximate surface area is 118 Å². The molecular formula is C13H20N7+. The molecule has 20 heavy (non-hydrogen) atoms. The zero-order chi connectivity index (χ0) is 14.4. The van der Waals surface area contributed by atoms with Crippen LogP contribution in [0.2, 0.25) is 0 Å². The van der Waals surface area contributed by atoms with Gasteiger partial charge in [-0.25, -0.2) is 9.97 Å². The van der Waals surface area contributed by atoms with Crippen molar-refractivity contribution in [2.24, 2.45) is 0 Å². The van der Waals surface area contributed by atoms with Crippen LogP contribution in [-0.2, 0) is 0 Å². The van der Waals surface area contributed by atoms with Gasteiger partial charge in [0.1, 0.15) is 23.5 Å².